The Morgan fingerprint density at radius 2 is 1.88 bits per heavy atom. The number of aliphatic imine (C=N–C) groups is 1. The summed E-state index contributed by atoms with van der Waals surface area (Å²) in [4.78, 5) is 30.1. The Kier molecular flexibility index (Phi) is 12.4. The van der Waals surface area contributed by atoms with Crippen LogP contribution in [0, 0.1) is 0 Å². The standard InChI is InChI=1S/C23H37N5O3.HI/c1-5-24-21(25-12-8-13-26-22(30)31-23(2,3)4)27-16-18-9-6-10-19(15-18)17-28-14-7-11-20(28)29;/h6,9-10,15H,5,7-8,11-14,16-17H2,1-4H3,(H,26,30)(H2,24,25,27);1H. The molecule has 0 radical (unpaired) electrons. The van der Waals surface area contributed by atoms with Gasteiger partial charge in [-0.05, 0) is 51.7 Å². The SMILES string of the molecule is CCNC(=NCc1cccc(CN2CCCC2=O)c1)NCCCNC(=O)OC(C)(C)C.I. The monoisotopic (exact) mass is 559 g/mol. The molecule has 0 atom stereocenters. The van der Waals surface area contributed by atoms with Gasteiger partial charge in [0.15, 0.2) is 5.96 Å². The minimum absolute atomic E-state index is 0. The van der Waals surface area contributed by atoms with Crippen LogP contribution in [0.5, 0.6) is 0 Å². The van der Waals surface area contributed by atoms with Crippen LogP contribution in [0.25, 0.3) is 0 Å². The average Bonchev–Trinajstić information content (AvgIpc) is 3.09. The predicted molar refractivity (Wildman–Crippen MR) is 138 cm³/mol. The number of hydrogen-bond donors (Lipinski definition) is 3. The smallest absolute Gasteiger partial charge is 0.407 e. The van der Waals surface area contributed by atoms with Crippen molar-refractivity contribution in [3.8, 4) is 0 Å². The van der Waals surface area contributed by atoms with Gasteiger partial charge in [0.25, 0.3) is 0 Å². The van der Waals surface area contributed by atoms with Crippen LogP contribution >= 0.6 is 24.0 Å². The maximum atomic E-state index is 11.9. The molecule has 1 saturated heterocycles. The van der Waals surface area contributed by atoms with Crippen molar-refractivity contribution in [3.63, 3.8) is 0 Å². The zero-order chi connectivity index (χ0) is 22.7. The fourth-order valence-corrected chi connectivity index (χ4v) is 3.23. The van der Waals surface area contributed by atoms with Gasteiger partial charge in [-0.15, -0.1) is 24.0 Å². The minimum atomic E-state index is -0.492. The Morgan fingerprint density at radius 1 is 1.16 bits per heavy atom. The molecule has 8 nitrogen and oxygen atoms in total. The Morgan fingerprint density at radius 3 is 2.53 bits per heavy atom. The highest BCUT2D eigenvalue weighted by Gasteiger charge is 2.20. The topological polar surface area (TPSA) is 95.1 Å². The van der Waals surface area contributed by atoms with Crippen molar-refractivity contribution in [2.24, 2.45) is 4.99 Å². The van der Waals surface area contributed by atoms with Crippen molar-refractivity contribution < 1.29 is 14.3 Å². The number of carbonyl (C=O) groups is 2. The van der Waals surface area contributed by atoms with Gasteiger partial charge in [-0.2, -0.15) is 0 Å². The van der Waals surface area contributed by atoms with Crippen LogP contribution in [0.15, 0.2) is 29.3 Å². The van der Waals surface area contributed by atoms with Crippen molar-refractivity contribution >= 4 is 41.9 Å². The van der Waals surface area contributed by atoms with Crippen molar-refractivity contribution in [3.05, 3.63) is 35.4 Å². The molecule has 1 heterocycles. The number of ether oxygens (including phenoxy) is 1. The molecule has 0 aromatic heterocycles. The lowest BCUT2D eigenvalue weighted by atomic mass is 10.1. The normalized spacial score (nSPS) is 14.1. The summed E-state index contributed by atoms with van der Waals surface area (Å²) >= 11 is 0. The van der Waals surface area contributed by atoms with E-state index < -0.39 is 11.7 Å². The number of rotatable bonds is 9. The molecule has 32 heavy (non-hydrogen) atoms. The lowest BCUT2D eigenvalue weighted by molar-refractivity contribution is -0.128. The van der Waals surface area contributed by atoms with E-state index in [1.807, 2.05) is 44.7 Å². The number of nitrogens with one attached hydrogen (secondary N) is 3. The molecule has 0 unspecified atom stereocenters. The van der Waals surface area contributed by atoms with Gasteiger partial charge in [-0.3, -0.25) is 4.79 Å². The summed E-state index contributed by atoms with van der Waals surface area (Å²) in [6, 6.07) is 8.24. The number of benzene rings is 1. The number of amides is 2. The third-order valence-corrected chi connectivity index (χ3v) is 4.61. The van der Waals surface area contributed by atoms with E-state index in [1.54, 1.807) is 0 Å². The zero-order valence-electron chi connectivity index (χ0n) is 19.7. The van der Waals surface area contributed by atoms with Crippen LogP contribution in [-0.2, 0) is 22.6 Å². The molecule has 0 aliphatic carbocycles. The second-order valence-electron chi connectivity index (χ2n) is 8.64. The number of halogens is 1. The first-order chi connectivity index (χ1) is 14.8. The van der Waals surface area contributed by atoms with E-state index >= 15 is 0 Å². The molecule has 0 saturated carbocycles. The first-order valence-corrected chi connectivity index (χ1v) is 11.1. The first-order valence-electron chi connectivity index (χ1n) is 11.1. The van der Waals surface area contributed by atoms with Crippen LogP contribution < -0.4 is 16.0 Å². The molecule has 9 heteroatoms. The molecule has 0 spiro atoms. The molecule has 0 bridgehead atoms. The third-order valence-electron chi connectivity index (χ3n) is 4.61. The second-order valence-corrected chi connectivity index (χ2v) is 8.64. The molecule has 2 rings (SSSR count). The molecule has 180 valence electrons. The first kappa shape index (κ1) is 28.0. The average molecular weight is 559 g/mol. The van der Waals surface area contributed by atoms with E-state index in [9.17, 15) is 9.59 Å². The van der Waals surface area contributed by atoms with Crippen molar-refractivity contribution in [2.75, 3.05) is 26.2 Å². The van der Waals surface area contributed by atoms with E-state index in [1.165, 1.54) is 0 Å². The number of hydrogen-bond acceptors (Lipinski definition) is 4. The van der Waals surface area contributed by atoms with Gasteiger partial charge in [0.1, 0.15) is 5.60 Å². The van der Waals surface area contributed by atoms with Crippen LogP contribution in [0.4, 0.5) is 4.79 Å². The highest BCUT2D eigenvalue weighted by atomic mass is 127. The van der Waals surface area contributed by atoms with E-state index in [4.69, 9.17) is 4.74 Å². The fraction of sp³-hybridized carbons (Fsp3) is 0.609. The predicted octanol–water partition coefficient (Wildman–Crippen LogP) is 3.40. The van der Waals surface area contributed by atoms with Crippen molar-refractivity contribution in [2.45, 2.75) is 65.6 Å². The lowest BCUT2D eigenvalue weighted by Crippen LogP contribution is -2.39. The summed E-state index contributed by atoms with van der Waals surface area (Å²) < 4.78 is 5.22. The van der Waals surface area contributed by atoms with Gasteiger partial charge < -0.3 is 25.6 Å². The number of likely N-dealkylation sites (tertiary alicyclic amines) is 1. The van der Waals surface area contributed by atoms with Gasteiger partial charge in [0.2, 0.25) is 5.91 Å². The van der Waals surface area contributed by atoms with Crippen LogP contribution in [0.1, 0.15) is 58.1 Å². The van der Waals surface area contributed by atoms with Crippen molar-refractivity contribution in [1.82, 2.24) is 20.9 Å². The quantitative estimate of drug-likeness (QED) is 0.187. The molecule has 1 aliphatic heterocycles. The van der Waals surface area contributed by atoms with Gasteiger partial charge in [0, 0.05) is 39.1 Å². The summed E-state index contributed by atoms with van der Waals surface area (Å²) in [5.41, 5.74) is 1.75. The molecular formula is C23H38IN5O3. The maximum Gasteiger partial charge on any atom is 0.407 e. The highest BCUT2D eigenvalue weighted by Crippen LogP contribution is 2.15. The van der Waals surface area contributed by atoms with Crippen LogP contribution in [0.3, 0.4) is 0 Å². The van der Waals surface area contributed by atoms with Gasteiger partial charge in [0.05, 0.1) is 6.54 Å². The van der Waals surface area contributed by atoms with E-state index in [0.29, 0.717) is 32.6 Å². The summed E-state index contributed by atoms with van der Waals surface area (Å²) in [6.45, 7) is 11.6. The van der Waals surface area contributed by atoms with Gasteiger partial charge in [-0.1, -0.05) is 24.3 Å². The molecule has 1 aromatic rings. The zero-order valence-corrected chi connectivity index (χ0v) is 22.0. The third kappa shape index (κ3) is 11.0. The summed E-state index contributed by atoms with van der Waals surface area (Å²) in [5.74, 6) is 0.975. The summed E-state index contributed by atoms with van der Waals surface area (Å²) in [6.07, 6.45) is 1.97. The molecule has 1 aliphatic rings. The van der Waals surface area contributed by atoms with Crippen LogP contribution in [-0.4, -0.2) is 54.6 Å². The fourth-order valence-electron chi connectivity index (χ4n) is 3.23. The number of alkyl carbamates (subject to hydrolysis) is 1. The Labute approximate surface area is 209 Å². The Hall–Kier alpha value is -2.04. The van der Waals surface area contributed by atoms with E-state index in [0.717, 1.165) is 43.0 Å². The van der Waals surface area contributed by atoms with Crippen LogP contribution in [0.2, 0.25) is 0 Å². The summed E-state index contributed by atoms with van der Waals surface area (Å²) in [7, 11) is 0. The molecule has 3 N–H and O–H groups in total. The molecule has 1 fully saturated rings. The largest absolute Gasteiger partial charge is 0.444 e. The van der Waals surface area contributed by atoms with E-state index in [-0.39, 0.29) is 29.9 Å². The van der Waals surface area contributed by atoms with Gasteiger partial charge in [-0.25, -0.2) is 9.79 Å². The number of guanidine groups is 1. The highest BCUT2D eigenvalue weighted by molar-refractivity contribution is 14.0. The number of nitrogens with zero attached hydrogens (tertiary/aromatic N) is 2. The molecule has 2 amide bonds. The molecular weight excluding hydrogens is 521 g/mol. The summed E-state index contributed by atoms with van der Waals surface area (Å²) in [5, 5.41) is 9.27. The maximum absolute atomic E-state index is 11.9. The number of carbonyl (C=O) groups excluding carboxylic acids is 2. The van der Waals surface area contributed by atoms with Crippen molar-refractivity contribution in [1.29, 1.82) is 0 Å². The van der Waals surface area contributed by atoms with E-state index in [2.05, 4.69) is 33.1 Å². The Balaban J connectivity index is 0.00000512. The Bertz CT molecular complexity index is 764. The lowest BCUT2D eigenvalue weighted by Gasteiger charge is -2.19. The minimum Gasteiger partial charge on any atom is -0.444 e. The molecule has 1 aromatic carbocycles. The second kappa shape index (κ2) is 14.2. The van der Waals surface area contributed by atoms with Gasteiger partial charge >= 0.3 is 6.09 Å².